The molecular formula is C30H31N3O7S. The molecule has 4 rings (SSSR count). The maximum Gasteiger partial charge on any atom is 0.343 e. The van der Waals surface area contributed by atoms with E-state index in [1.807, 2.05) is 0 Å². The number of methoxy groups -OCH3 is 1. The second-order valence-corrected chi connectivity index (χ2v) is 10.3. The fourth-order valence-corrected chi connectivity index (χ4v) is 5.69. The van der Waals surface area contributed by atoms with Crippen LogP contribution in [0.1, 0.15) is 69.8 Å². The van der Waals surface area contributed by atoms with E-state index < -0.39 is 23.8 Å². The summed E-state index contributed by atoms with van der Waals surface area (Å²) >= 11 is 1.30. The van der Waals surface area contributed by atoms with Crippen LogP contribution < -0.4 is 20.2 Å². The number of anilines is 1. The molecule has 1 heterocycles. The van der Waals surface area contributed by atoms with E-state index in [2.05, 4.69) is 15.8 Å². The van der Waals surface area contributed by atoms with E-state index in [0.29, 0.717) is 39.6 Å². The molecule has 2 N–H and O–H groups in total. The molecule has 0 aliphatic heterocycles. The molecule has 41 heavy (non-hydrogen) atoms. The highest BCUT2D eigenvalue weighted by Crippen LogP contribution is 2.38. The van der Waals surface area contributed by atoms with Gasteiger partial charge < -0.3 is 19.5 Å². The molecule has 0 atom stereocenters. The van der Waals surface area contributed by atoms with Crippen molar-refractivity contribution in [2.24, 2.45) is 5.10 Å². The predicted molar refractivity (Wildman–Crippen MR) is 155 cm³/mol. The maximum atomic E-state index is 12.8. The highest BCUT2D eigenvalue weighted by atomic mass is 32.1. The molecule has 0 saturated carbocycles. The number of amides is 2. The average molecular weight is 578 g/mol. The summed E-state index contributed by atoms with van der Waals surface area (Å²) in [5, 5.41) is 6.92. The summed E-state index contributed by atoms with van der Waals surface area (Å²) in [5.41, 5.74) is 4.49. The van der Waals surface area contributed by atoms with E-state index in [-0.39, 0.29) is 12.4 Å². The van der Waals surface area contributed by atoms with Crippen LogP contribution in [-0.2, 0) is 27.2 Å². The van der Waals surface area contributed by atoms with Crippen molar-refractivity contribution in [1.29, 1.82) is 0 Å². The zero-order chi connectivity index (χ0) is 29.4. The van der Waals surface area contributed by atoms with Crippen molar-refractivity contribution in [2.45, 2.75) is 46.0 Å². The van der Waals surface area contributed by atoms with Crippen molar-refractivity contribution in [3.05, 3.63) is 75.7 Å². The largest absolute Gasteiger partial charge is 0.497 e. The molecule has 1 aliphatic carbocycles. The standard InChI is InChI=1S/C30H31N3O7S/c1-4-39-30(37)25-22-14-6-5-7-16-24(22)41-28(25)31-26(34)27(35)33-32-18(2)21-13-8-9-15-23(21)40-29(36)19-11-10-12-20(17-19)38-3/h8-13,15,17H,4-7,14,16H2,1-3H3,(H,31,34)(H,33,35). The minimum Gasteiger partial charge on any atom is -0.497 e. The number of nitrogens with zero attached hydrogens (tertiary/aromatic N) is 1. The van der Waals surface area contributed by atoms with E-state index in [9.17, 15) is 19.2 Å². The van der Waals surface area contributed by atoms with E-state index >= 15 is 0 Å². The van der Waals surface area contributed by atoms with Gasteiger partial charge in [0.05, 0.1) is 30.6 Å². The molecule has 0 spiro atoms. The third-order valence-electron chi connectivity index (χ3n) is 6.44. The average Bonchev–Trinajstić information content (AvgIpc) is 3.15. The van der Waals surface area contributed by atoms with Gasteiger partial charge in [0, 0.05) is 10.4 Å². The van der Waals surface area contributed by atoms with Gasteiger partial charge >= 0.3 is 23.8 Å². The number of benzene rings is 2. The number of nitrogens with one attached hydrogen (secondary N) is 2. The third kappa shape index (κ3) is 7.17. The van der Waals surface area contributed by atoms with Gasteiger partial charge in [-0.25, -0.2) is 15.0 Å². The molecule has 1 aliphatic rings. The Morgan fingerprint density at radius 3 is 2.51 bits per heavy atom. The molecule has 10 nitrogen and oxygen atoms in total. The number of carbonyl (C=O) groups excluding carboxylic acids is 4. The van der Waals surface area contributed by atoms with Gasteiger partial charge in [-0.05, 0) is 75.4 Å². The summed E-state index contributed by atoms with van der Waals surface area (Å²) in [6, 6.07) is 13.2. The Bertz CT molecular complexity index is 1490. The SMILES string of the molecule is CCOC(=O)c1c(NC(=O)C(=O)NN=C(C)c2ccccc2OC(=O)c2cccc(OC)c2)sc2c1CCCCC2. The molecule has 2 aromatic carbocycles. The fraction of sp³-hybridized carbons (Fsp3) is 0.300. The summed E-state index contributed by atoms with van der Waals surface area (Å²) in [5.74, 6) is -2.37. The Hall–Kier alpha value is -4.51. The Morgan fingerprint density at radius 1 is 0.951 bits per heavy atom. The van der Waals surface area contributed by atoms with Crippen molar-refractivity contribution in [3.63, 3.8) is 0 Å². The number of aryl methyl sites for hydroxylation is 1. The highest BCUT2D eigenvalue weighted by molar-refractivity contribution is 7.17. The van der Waals surface area contributed by atoms with Crippen molar-refractivity contribution in [1.82, 2.24) is 5.43 Å². The van der Waals surface area contributed by atoms with Crippen LogP contribution in [0, 0.1) is 0 Å². The number of rotatable bonds is 8. The van der Waals surface area contributed by atoms with Gasteiger partial charge in [0.15, 0.2) is 0 Å². The fourth-order valence-electron chi connectivity index (χ4n) is 4.42. The summed E-state index contributed by atoms with van der Waals surface area (Å²) in [6.07, 6.45) is 4.52. The second-order valence-electron chi connectivity index (χ2n) is 9.20. The first-order valence-corrected chi connectivity index (χ1v) is 14.1. The van der Waals surface area contributed by atoms with Crippen LogP contribution in [0.4, 0.5) is 5.00 Å². The molecular weight excluding hydrogens is 546 g/mol. The number of ether oxygens (including phenoxy) is 3. The van der Waals surface area contributed by atoms with Crippen LogP contribution >= 0.6 is 11.3 Å². The number of carbonyl (C=O) groups is 4. The number of hydrogen-bond donors (Lipinski definition) is 2. The topological polar surface area (TPSA) is 132 Å². The van der Waals surface area contributed by atoms with Crippen LogP contribution in [0.15, 0.2) is 53.6 Å². The second kappa shape index (κ2) is 13.7. The normalized spacial score (nSPS) is 12.9. The molecule has 0 unspecified atom stereocenters. The Labute approximate surface area is 241 Å². The summed E-state index contributed by atoms with van der Waals surface area (Å²) in [6.45, 7) is 3.51. The molecule has 214 valence electrons. The summed E-state index contributed by atoms with van der Waals surface area (Å²) in [7, 11) is 1.50. The monoisotopic (exact) mass is 577 g/mol. The van der Waals surface area contributed by atoms with Gasteiger partial charge in [0.2, 0.25) is 0 Å². The number of thiophene rings is 1. The van der Waals surface area contributed by atoms with Gasteiger partial charge in [-0.1, -0.05) is 24.6 Å². The lowest BCUT2D eigenvalue weighted by Crippen LogP contribution is -2.33. The van der Waals surface area contributed by atoms with Gasteiger partial charge in [0.25, 0.3) is 0 Å². The quantitative estimate of drug-likeness (QED) is 0.0972. The van der Waals surface area contributed by atoms with Crippen LogP contribution in [0.25, 0.3) is 0 Å². The summed E-state index contributed by atoms with van der Waals surface area (Å²) in [4.78, 5) is 51.9. The van der Waals surface area contributed by atoms with Gasteiger partial charge in [-0.15, -0.1) is 11.3 Å². The van der Waals surface area contributed by atoms with Crippen molar-refractivity contribution < 1.29 is 33.4 Å². The van der Waals surface area contributed by atoms with E-state index in [0.717, 1.165) is 36.1 Å². The lowest BCUT2D eigenvalue weighted by molar-refractivity contribution is -0.136. The third-order valence-corrected chi connectivity index (χ3v) is 7.65. The molecule has 2 amide bonds. The van der Waals surface area contributed by atoms with Crippen LogP contribution in [-0.4, -0.2) is 43.2 Å². The van der Waals surface area contributed by atoms with Crippen LogP contribution in [0.3, 0.4) is 0 Å². The lowest BCUT2D eigenvalue weighted by Gasteiger charge is -2.11. The first-order valence-electron chi connectivity index (χ1n) is 13.2. The van der Waals surface area contributed by atoms with Gasteiger partial charge in [0.1, 0.15) is 16.5 Å². The molecule has 0 saturated heterocycles. The molecule has 0 fully saturated rings. The number of para-hydroxylation sites is 1. The first kappa shape index (κ1) is 29.5. The molecule has 1 aromatic heterocycles. The Morgan fingerprint density at radius 2 is 1.73 bits per heavy atom. The smallest absolute Gasteiger partial charge is 0.343 e. The Balaban J connectivity index is 1.47. The van der Waals surface area contributed by atoms with Gasteiger partial charge in [-0.3, -0.25) is 9.59 Å². The number of fused-ring (bicyclic) bond motifs is 1. The van der Waals surface area contributed by atoms with E-state index in [1.54, 1.807) is 62.4 Å². The van der Waals surface area contributed by atoms with Crippen LogP contribution in [0.2, 0.25) is 0 Å². The predicted octanol–water partition coefficient (Wildman–Crippen LogP) is 4.90. The lowest BCUT2D eigenvalue weighted by atomic mass is 10.1. The number of hydrazone groups is 1. The van der Waals surface area contributed by atoms with Crippen molar-refractivity contribution >= 4 is 45.8 Å². The first-order chi connectivity index (χ1) is 19.8. The zero-order valence-electron chi connectivity index (χ0n) is 23.1. The Kier molecular flexibility index (Phi) is 9.86. The highest BCUT2D eigenvalue weighted by Gasteiger charge is 2.28. The minimum atomic E-state index is -1.02. The minimum absolute atomic E-state index is 0.196. The maximum absolute atomic E-state index is 12.8. The zero-order valence-corrected chi connectivity index (χ0v) is 23.9. The van der Waals surface area contributed by atoms with E-state index in [1.165, 1.54) is 18.4 Å². The van der Waals surface area contributed by atoms with Crippen LogP contribution in [0.5, 0.6) is 11.5 Å². The van der Waals surface area contributed by atoms with E-state index in [4.69, 9.17) is 14.2 Å². The molecule has 0 radical (unpaired) electrons. The number of hydrogen-bond acceptors (Lipinski definition) is 9. The summed E-state index contributed by atoms with van der Waals surface area (Å²) < 4.78 is 16.0. The van der Waals surface area contributed by atoms with Crippen molar-refractivity contribution in [3.8, 4) is 11.5 Å². The van der Waals surface area contributed by atoms with Crippen molar-refractivity contribution in [2.75, 3.05) is 19.0 Å². The van der Waals surface area contributed by atoms with Gasteiger partial charge in [-0.2, -0.15) is 5.10 Å². The number of esters is 2. The molecule has 11 heteroatoms. The molecule has 0 bridgehead atoms. The molecule has 3 aromatic rings.